The fourth-order valence-electron chi connectivity index (χ4n) is 6.89. The first kappa shape index (κ1) is 24.9. The lowest BCUT2D eigenvalue weighted by molar-refractivity contribution is 0.0867. The van der Waals surface area contributed by atoms with Crippen molar-refractivity contribution in [2.75, 3.05) is 10.6 Å². The average Bonchev–Trinajstić information content (AvgIpc) is 3.19. The molecule has 1 radical (unpaired) electrons. The van der Waals surface area contributed by atoms with Gasteiger partial charge in [0.15, 0.2) is 5.78 Å². The van der Waals surface area contributed by atoms with Crippen LogP contribution in [0.2, 0.25) is 5.02 Å². The molecule has 1 atom stereocenters. The molecule has 3 nitrogen and oxygen atoms in total. The van der Waals surface area contributed by atoms with E-state index in [2.05, 4.69) is 23.1 Å². The largest absolute Gasteiger partial charge is 0.399 e. The normalized spacial score (nSPS) is 18.8. The van der Waals surface area contributed by atoms with E-state index in [0.717, 1.165) is 52.8 Å². The summed E-state index contributed by atoms with van der Waals surface area (Å²) in [4.78, 5) is 17.1. The van der Waals surface area contributed by atoms with E-state index >= 15 is 0 Å². The monoisotopic (exact) mass is 545 g/mol. The molecule has 0 fully saturated rings. The summed E-state index contributed by atoms with van der Waals surface area (Å²) in [5.41, 5.74) is 13.9. The van der Waals surface area contributed by atoms with Gasteiger partial charge in [-0.05, 0) is 108 Å². The highest BCUT2D eigenvalue weighted by Crippen LogP contribution is 2.50. The number of nitrogens with two attached hydrogens (primary N) is 1. The van der Waals surface area contributed by atoms with E-state index < -0.39 is 5.54 Å². The number of allylic oxidation sites excluding steroid dienone is 2. The van der Waals surface area contributed by atoms with Gasteiger partial charge in [0, 0.05) is 28.7 Å². The lowest BCUT2D eigenvalue weighted by atomic mass is 9.67. The Morgan fingerprint density at radius 3 is 2.62 bits per heavy atom. The van der Waals surface area contributed by atoms with Crippen molar-refractivity contribution in [3.05, 3.63) is 141 Å². The van der Waals surface area contributed by atoms with Crippen LogP contribution in [-0.2, 0) is 24.8 Å². The average molecular weight is 546 g/mol. The summed E-state index contributed by atoms with van der Waals surface area (Å²) in [5, 5.41) is 0.343. The minimum Gasteiger partial charge on any atom is -0.399 e. The van der Waals surface area contributed by atoms with E-state index in [9.17, 15) is 9.18 Å². The first-order valence-corrected chi connectivity index (χ1v) is 14.0. The molecule has 1 heterocycles. The predicted molar refractivity (Wildman–Crippen MR) is 159 cm³/mol. The van der Waals surface area contributed by atoms with Gasteiger partial charge >= 0.3 is 0 Å². The SMILES string of the molecule is Nc1ccc(C(=O)C2(N3C=CC=[C]c4ccccc43)CCCc3c2ccc2c3CCc3c(F)cccc3-2)c(Cl)c1. The van der Waals surface area contributed by atoms with Crippen molar-refractivity contribution in [1.29, 1.82) is 0 Å². The van der Waals surface area contributed by atoms with Crippen LogP contribution < -0.4 is 10.6 Å². The molecule has 1 unspecified atom stereocenters. The van der Waals surface area contributed by atoms with E-state index in [1.165, 1.54) is 17.2 Å². The molecule has 197 valence electrons. The molecule has 5 heteroatoms. The summed E-state index contributed by atoms with van der Waals surface area (Å²) < 4.78 is 14.7. The van der Waals surface area contributed by atoms with Gasteiger partial charge in [0.25, 0.3) is 0 Å². The zero-order chi connectivity index (χ0) is 27.4. The number of Topliss-reactive ketones (excluding diaryl/α,β-unsaturated/α-hetero) is 1. The van der Waals surface area contributed by atoms with Crippen LogP contribution in [0.5, 0.6) is 0 Å². The predicted octanol–water partition coefficient (Wildman–Crippen LogP) is 7.98. The van der Waals surface area contributed by atoms with Crippen LogP contribution in [0.25, 0.3) is 11.1 Å². The van der Waals surface area contributed by atoms with Crippen LogP contribution in [0.1, 0.15) is 51.0 Å². The lowest BCUT2D eigenvalue weighted by Gasteiger charge is -2.47. The minimum atomic E-state index is -1.04. The Balaban J connectivity index is 1.51. The summed E-state index contributed by atoms with van der Waals surface area (Å²) in [6.45, 7) is 0. The first-order valence-electron chi connectivity index (χ1n) is 13.7. The van der Waals surface area contributed by atoms with Crippen molar-refractivity contribution < 1.29 is 9.18 Å². The number of hydrogen-bond donors (Lipinski definition) is 1. The number of halogens is 2. The molecule has 4 aromatic rings. The fourth-order valence-corrected chi connectivity index (χ4v) is 7.17. The number of hydrogen-bond acceptors (Lipinski definition) is 3. The maximum atomic E-state index is 15.0. The Kier molecular flexibility index (Phi) is 5.90. The summed E-state index contributed by atoms with van der Waals surface area (Å²) in [6.07, 6.45) is 12.8. The molecular formula is C35H27ClFN2O. The molecule has 0 aromatic heterocycles. The molecule has 2 aliphatic carbocycles. The molecule has 4 aromatic carbocycles. The van der Waals surface area contributed by atoms with Gasteiger partial charge in [-0.2, -0.15) is 0 Å². The van der Waals surface area contributed by atoms with Crippen molar-refractivity contribution in [2.24, 2.45) is 0 Å². The smallest absolute Gasteiger partial charge is 0.194 e. The number of benzene rings is 4. The first-order chi connectivity index (χ1) is 19.5. The van der Waals surface area contributed by atoms with Crippen molar-refractivity contribution >= 4 is 28.8 Å². The Labute approximate surface area is 238 Å². The third-order valence-electron chi connectivity index (χ3n) is 8.63. The van der Waals surface area contributed by atoms with Gasteiger partial charge in [-0.15, -0.1) is 0 Å². The van der Waals surface area contributed by atoms with Gasteiger partial charge in [0.1, 0.15) is 11.4 Å². The van der Waals surface area contributed by atoms with Crippen LogP contribution in [0, 0.1) is 11.9 Å². The van der Waals surface area contributed by atoms with Crippen LogP contribution in [0.4, 0.5) is 15.8 Å². The second-order valence-corrected chi connectivity index (χ2v) is 11.1. The standard InChI is InChI=1S/C35H27ClFN2O/c36-31-21-23(38)13-14-29(31)34(40)35(39-20-4-3-8-22-7-1-2-12-33(22)39)19-6-10-27-26-15-16-28-24(9-5-11-32(28)37)25(26)17-18-30(27)35/h1-5,7,9,11-14,17-18,20-21H,6,10,15-16,19,38H2. The highest BCUT2D eigenvalue weighted by molar-refractivity contribution is 6.34. The number of ketones is 1. The van der Waals surface area contributed by atoms with Gasteiger partial charge in [0.2, 0.25) is 0 Å². The third-order valence-corrected chi connectivity index (χ3v) is 8.95. The number of carbonyl (C=O) groups is 1. The highest BCUT2D eigenvalue weighted by atomic mass is 35.5. The number of para-hydroxylation sites is 1. The van der Waals surface area contributed by atoms with E-state index in [0.29, 0.717) is 29.1 Å². The fraction of sp³-hybridized carbons (Fsp3) is 0.171. The van der Waals surface area contributed by atoms with Crippen LogP contribution >= 0.6 is 11.6 Å². The summed E-state index contributed by atoms with van der Waals surface area (Å²) in [5.74, 6) is -0.222. The lowest BCUT2D eigenvalue weighted by Crippen LogP contribution is -2.52. The maximum absolute atomic E-state index is 15.0. The van der Waals surface area contributed by atoms with Crippen LogP contribution in [0.15, 0.2) is 91.1 Å². The Bertz CT molecular complexity index is 1760. The summed E-state index contributed by atoms with van der Waals surface area (Å²) in [7, 11) is 0. The minimum absolute atomic E-state index is 0.0676. The molecule has 0 amide bonds. The number of nitrogens with zero attached hydrogens (tertiary/aromatic N) is 1. The Hall–Kier alpha value is -4.15. The van der Waals surface area contributed by atoms with Crippen molar-refractivity contribution in [1.82, 2.24) is 0 Å². The summed E-state index contributed by atoms with van der Waals surface area (Å²) in [6, 6.07) is 22.6. The molecule has 1 aliphatic heterocycles. The molecule has 2 N–H and O–H groups in total. The van der Waals surface area contributed by atoms with Gasteiger partial charge in [0.05, 0.1) is 5.02 Å². The molecule has 0 saturated heterocycles. The molecule has 3 aliphatic rings. The molecule has 0 bridgehead atoms. The van der Waals surface area contributed by atoms with Crippen molar-refractivity contribution in [2.45, 2.75) is 37.6 Å². The van der Waals surface area contributed by atoms with Gasteiger partial charge in [-0.25, -0.2) is 4.39 Å². The van der Waals surface area contributed by atoms with E-state index in [1.54, 1.807) is 24.3 Å². The maximum Gasteiger partial charge on any atom is 0.194 e. The molecule has 0 saturated carbocycles. The zero-order valence-electron chi connectivity index (χ0n) is 21.9. The number of anilines is 2. The number of nitrogen functional groups attached to an aromatic ring is 1. The van der Waals surface area contributed by atoms with Crippen LogP contribution in [-0.4, -0.2) is 5.78 Å². The van der Waals surface area contributed by atoms with Gasteiger partial charge in [-0.3, -0.25) is 4.79 Å². The second-order valence-electron chi connectivity index (χ2n) is 10.7. The van der Waals surface area contributed by atoms with E-state index in [-0.39, 0.29) is 11.6 Å². The quantitative estimate of drug-likeness (QED) is 0.210. The molecule has 7 rings (SSSR count). The second kappa shape index (κ2) is 9.50. The summed E-state index contributed by atoms with van der Waals surface area (Å²) >= 11 is 6.70. The van der Waals surface area contributed by atoms with Crippen molar-refractivity contribution in [3.8, 4) is 11.1 Å². The van der Waals surface area contributed by atoms with Crippen LogP contribution in [0.3, 0.4) is 0 Å². The third kappa shape index (κ3) is 3.66. The number of fused-ring (bicyclic) bond motifs is 6. The highest BCUT2D eigenvalue weighted by Gasteiger charge is 2.50. The van der Waals surface area contributed by atoms with Crippen molar-refractivity contribution in [3.63, 3.8) is 0 Å². The molecular weight excluding hydrogens is 519 g/mol. The Morgan fingerprint density at radius 1 is 0.925 bits per heavy atom. The van der Waals surface area contributed by atoms with E-state index in [4.69, 9.17) is 17.3 Å². The van der Waals surface area contributed by atoms with Gasteiger partial charge < -0.3 is 10.6 Å². The zero-order valence-corrected chi connectivity index (χ0v) is 22.6. The van der Waals surface area contributed by atoms with Gasteiger partial charge in [-0.1, -0.05) is 60.1 Å². The van der Waals surface area contributed by atoms with E-state index in [1.807, 2.05) is 48.7 Å². The molecule has 40 heavy (non-hydrogen) atoms. The topological polar surface area (TPSA) is 46.3 Å². The molecule has 0 spiro atoms. The number of carbonyl (C=O) groups excluding carboxylic acids is 1. The number of rotatable bonds is 3. The Morgan fingerprint density at radius 2 is 1.75 bits per heavy atom.